The molecular formula is C13H18F3N3. The molecule has 0 aromatic heterocycles. The Hall–Kier alpha value is -1.43. The van der Waals surface area contributed by atoms with Gasteiger partial charge in [0.15, 0.2) is 0 Å². The fourth-order valence-corrected chi connectivity index (χ4v) is 2.27. The number of benzene rings is 1. The molecule has 0 amide bonds. The van der Waals surface area contributed by atoms with E-state index in [9.17, 15) is 13.2 Å². The van der Waals surface area contributed by atoms with E-state index in [2.05, 4.69) is 4.90 Å². The standard InChI is InChI=1S/C13H18F3N3/c14-13(15,16)5-6-18-7-9-19(10-8-18)12-4-2-1-3-11(12)17/h1-4H,5-10,17H2. The normalized spacial score (nSPS) is 17.7. The zero-order valence-corrected chi connectivity index (χ0v) is 10.7. The molecule has 0 bridgehead atoms. The Bertz CT molecular complexity index is 412. The van der Waals surface area contributed by atoms with E-state index in [-0.39, 0.29) is 6.54 Å². The number of rotatable bonds is 3. The van der Waals surface area contributed by atoms with Crippen LogP contribution in [0.15, 0.2) is 24.3 Å². The topological polar surface area (TPSA) is 32.5 Å². The molecule has 0 aliphatic carbocycles. The number of nitrogens with zero attached hydrogens (tertiary/aromatic N) is 2. The number of halogens is 3. The maximum absolute atomic E-state index is 12.2. The minimum absolute atomic E-state index is 0.0849. The van der Waals surface area contributed by atoms with Crippen molar-refractivity contribution in [2.24, 2.45) is 0 Å². The fraction of sp³-hybridized carbons (Fsp3) is 0.538. The van der Waals surface area contributed by atoms with Crippen molar-refractivity contribution in [3.05, 3.63) is 24.3 Å². The Morgan fingerprint density at radius 1 is 1.05 bits per heavy atom. The zero-order chi connectivity index (χ0) is 13.9. The fourth-order valence-electron chi connectivity index (χ4n) is 2.27. The maximum Gasteiger partial charge on any atom is 0.390 e. The van der Waals surface area contributed by atoms with Gasteiger partial charge >= 0.3 is 6.18 Å². The molecule has 1 saturated heterocycles. The summed E-state index contributed by atoms with van der Waals surface area (Å²) in [6, 6.07) is 7.58. The van der Waals surface area contributed by atoms with Gasteiger partial charge in [0, 0.05) is 32.7 Å². The number of anilines is 2. The third-order valence-corrected chi connectivity index (χ3v) is 3.36. The molecule has 2 N–H and O–H groups in total. The molecule has 0 radical (unpaired) electrons. The Morgan fingerprint density at radius 2 is 1.68 bits per heavy atom. The van der Waals surface area contributed by atoms with E-state index in [0.717, 1.165) is 5.69 Å². The molecular weight excluding hydrogens is 255 g/mol. The summed E-state index contributed by atoms with van der Waals surface area (Å²) in [4.78, 5) is 3.97. The number of piperazine rings is 1. The van der Waals surface area contributed by atoms with Crippen LogP contribution in [0, 0.1) is 0 Å². The number of hydrogen-bond donors (Lipinski definition) is 1. The summed E-state index contributed by atoms with van der Waals surface area (Å²) in [6.45, 7) is 2.80. The Morgan fingerprint density at radius 3 is 2.26 bits per heavy atom. The molecule has 0 unspecified atom stereocenters. The van der Waals surface area contributed by atoms with E-state index < -0.39 is 12.6 Å². The highest BCUT2D eigenvalue weighted by Crippen LogP contribution is 2.24. The molecule has 1 heterocycles. The van der Waals surface area contributed by atoms with E-state index >= 15 is 0 Å². The summed E-state index contributed by atoms with van der Waals surface area (Å²) in [5, 5.41) is 0. The van der Waals surface area contributed by atoms with Crippen LogP contribution in [0.1, 0.15) is 6.42 Å². The van der Waals surface area contributed by atoms with Crippen molar-refractivity contribution in [2.45, 2.75) is 12.6 Å². The van der Waals surface area contributed by atoms with E-state index in [1.807, 2.05) is 29.2 Å². The molecule has 0 atom stereocenters. The summed E-state index contributed by atoms with van der Waals surface area (Å²) in [5.41, 5.74) is 7.58. The largest absolute Gasteiger partial charge is 0.397 e. The van der Waals surface area contributed by atoms with Crippen molar-refractivity contribution < 1.29 is 13.2 Å². The minimum Gasteiger partial charge on any atom is -0.397 e. The summed E-state index contributed by atoms with van der Waals surface area (Å²) >= 11 is 0. The number of para-hydroxylation sites is 2. The molecule has 1 aliphatic heterocycles. The van der Waals surface area contributed by atoms with Gasteiger partial charge in [-0.25, -0.2) is 0 Å². The Labute approximate surface area is 110 Å². The smallest absolute Gasteiger partial charge is 0.390 e. The van der Waals surface area contributed by atoms with Gasteiger partial charge in [-0.15, -0.1) is 0 Å². The molecule has 6 heteroatoms. The lowest BCUT2D eigenvalue weighted by molar-refractivity contribution is -0.138. The average molecular weight is 273 g/mol. The first-order valence-electron chi connectivity index (χ1n) is 6.34. The van der Waals surface area contributed by atoms with Crippen molar-refractivity contribution in [2.75, 3.05) is 43.4 Å². The lowest BCUT2D eigenvalue weighted by Crippen LogP contribution is -2.47. The van der Waals surface area contributed by atoms with Gasteiger partial charge in [0.1, 0.15) is 0 Å². The van der Waals surface area contributed by atoms with Crippen LogP contribution < -0.4 is 10.6 Å². The third-order valence-electron chi connectivity index (χ3n) is 3.36. The monoisotopic (exact) mass is 273 g/mol. The molecule has 1 fully saturated rings. The van der Waals surface area contributed by atoms with Crippen LogP contribution >= 0.6 is 0 Å². The van der Waals surface area contributed by atoms with Crippen molar-refractivity contribution in [1.29, 1.82) is 0 Å². The van der Waals surface area contributed by atoms with Crippen LogP contribution in [0.25, 0.3) is 0 Å². The van der Waals surface area contributed by atoms with Gasteiger partial charge in [0.05, 0.1) is 17.8 Å². The van der Waals surface area contributed by atoms with E-state index in [1.54, 1.807) is 0 Å². The Balaban J connectivity index is 1.84. The molecule has 0 spiro atoms. The zero-order valence-electron chi connectivity index (χ0n) is 10.7. The minimum atomic E-state index is -4.07. The quantitative estimate of drug-likeness (QED) is 0.858. The van der Waals surface area contributed by atoms with Crippen LogP contribution in [-0.4, -0.2) is 43.8 Å². The molecule has 1 aromatic carbocycles. The number of hydrogen-bond acceptors (Lipinski definition) is 3. The van der Waals surface area contributed by atoms with Crippen molar-refractivity contribution in [1.82, 2.24) is 4.90 Å². The van der Waals surface area contributed by atoms with Crippen LogP contribution in [0.4, 0.5) is 24.5 Å². The first kappa shape index (κ1) is 14.0. The van der Waals surface area contributed by atoms with E-state index in [1.165, 1.54) is 0 Å². The number of nitrogens with two attached hydrogens (primary N) is 1. The predicted octanol–water partition coefficient (Wildman–Crippen LogP) is 2.34. The van der Waals surface area contributed by atoms with E-state index in [0.29, 0.717) is 31.9 Å². The molecule has 1 aromatic rings. The number of alkyl halides is 3. The second kappa shape index (κ2) is 5.69. The lowest BCUT2D eigenvalue weighted by Gasteiger charge is -2.36. The molecule has 2 rings (SSSR count). The van der Waals surface area contributed by atoms with Crippen LogP contribution in [0.5, 0.6) is 0 Å². The van der Waals surface area contributed by atoms with Gasteiger partial charge in [-0.05, 0) is 12.1 Å². The summed E-state index contributed by atoms with van der Waals surface area (Å²) in [5.74, 6) is 0. The van der Waals surface area contributed by atoms with Gasteiger partial charge in [-0.2, -0.15) is 13.2 Å². The van der Waals surface area contributed by atoms with Gasteiger partial charge in [-0.1, -0.05) is 12.1 Å². The summed E-state index contributed by atoms with van der Waals surface area (Å²) < 4.78 is 36.5. The molecule has 1 aliphatic rings. The molecule has 3 nitrogen and oxygen atoms in total. The van der Waals surface area contributed by atoms with Crippen LogP contribution in [-0.2, 0) is 0 Å². The first-order valence-corrected chi connectivity index (χ1v) is 6.34. The van der Waals surface area contributed by atoms with Crippen LogP contribution in [0.3, 0.4) is 0 Å². The number of nitrogen functional groups attached to an aromatic ring is 1. The van der Waals surface area contributed by atoms with E-state index in [4.69, 9.17) is 5.73 Å². The lowest BCUT2D eigenvalue weighted by atomic mass is 10.2. The molecule has 0 saturated carbocycles. The highest BCUT2D eigenvalue weighted by atomic mass is 19.4. The van der Waals surface area contributed by atoms with Gasteiger partial charge in [-0.3, -0.25) is 4.90 Å². The van der Waals surface area contributed by atoms with Crippen LogP contribution in [0.2, 0.25) is 0 Å². The second-order valence-electron chi connectivity index (χ2n) is 4.75. The first-order chi connectivity index (χ1) is 8.96. The Kier molecular flexibility index (Phi) is 4.19. The highest BCUT2D eigenvalue weighted by Gasteiger charge is 2.28. The average Bonchev–Trinajstić information content (AvgIpc) is 2.37. The highest BCUT2D eigenvalue weighted by molar-refractivity contribution is 5.67. The summed E-state index contributed by atoms with van der Waals surface area (Å²) in [7, 11) is 0. The predicted molar refractivity (Wildman–Crippen MR) is 70.2 cm³/mol. The van der Waals surface area contributed by atoms with Crippen molar-refractivity contribution in [3.63, 3.8) is 0 Å². The second-order valence-corrected chi connectivity index (χ2v) is 4.75. The van der Waals surface area contributed by atoms with Gasteiger partial charge in [0.25, 0.3) is 0 Å². The third kappa shape index (κ3) is 4.02. The summed E-state index contributed by atoms with van der Waals surface area (Å²) in [6.07, 6.45) is -4.80. The maximum atomic E-state index is 12.2. The molecule has 19 heavy (non-hydrogen) atoms. The SMILES string of the molecule is Nc1ccccc1N1CCN(CCC(F)(F)F)CC1. The van der Waals surface area contributed by atoms with Crippen molar-refractivity contribution in [3.8, 4) is 0 Å². The van der Waals surface area contributed by atoms with Gasteiger partial charge in [0.2, 0.25) is 0 Å². The van der Waals surface area contributed by atoms with Crippen molar-refractivity contribution >= 4 is 11.4 Å². The van der Waals surface area contributed by atoms with Gasteiger partial charge < -0.3 is 10.6 Å². The molecule has 106 valence electrons.